The third-order valence-corrected chi connectivity index (χ3v) is 6.95. The van der Waals surface area contributed by atoms with Gasteiger partial charge in [-0.15, -0.1) is 0 Å². The normalized spacial score (nSPS) is 20.6. The molecule has 2 atom stereocenters. The van der Waals surface area contributed by atoms with E-state index in [1.807, 2.05) is 0 Å². The van der Waals surface area contributed by atoms with Gasteiger partial charge >= 0.3 is 0 Å². The number of fused-ring (bicyclic) bond motifs is 1. The number of hydrogen-bond donors (Lipinski definition) is 3. The molecule has 7 nitrogen and oxygen atoms in total. The fourth-order valence-electron chi connectivity index (χ4n) is 4.84. The third kappa shape index (κ3) is 4.75. The Morgan fingerprint density at radius 2 is 1.92 bits per heavy atom. The molecule has 3 N–H and O–H groups in total. The monoisotopic (exact) mass is 516 g/mol. The van der Waals surface area contributed by atoms with Crippen LogP contribution in [0.4, 0.5) is 19.0 Å². The average molecular weight is 517 g/mol. The molecule has 4 heterocycles. The van der Waals surface area contributed by atoms with E-state index in [0.29, 0.717) is 11.3 Å². The van der Waals surface area contributed by atoms with Crippen LogP contribution in [0.5, 0.6) is 0 Å². The van der Waals surface area contributed by atoms with Crippen LogP contribution in [0.1, 0.15) is 36.4 Å². The minimum Gasteiger partial charge on any atom is -0.425 e. The molecular formula is C25H24ClF3N6O. The molecule has 0 radical (unpaired) electrons. The van der Waals surface area contributed by atoms with Crippen LogP contribution in [0.2, 0.25) is 5.02 Å². The zero-order valence-electron chi connectivity index (χ0n) is 19.2. The van der Waals surface area contributed by atoms with Crippen LogP contribution >= 0.6 is 11.6 Å². The summed E-state index contributed by atoms with van der Waals surface area (Å²) in [5.41, 5.74) is 0.868. The predicted molar refractivity (Wildman–Crippen MR) is 132 cm³/mol. The summed E-state index contributed by atoms with van der Waals surface area (Å²) in [5.74, 6) is -1.38. The van der Waals surface area contributed by atoms with Crippen LogP contribution in [0.3, 0.4) is 0 Å². The summed E-state index contributed by atoms with van der Waals surface area (Å²) in [6.07, 6.45) is 1.56. The van der Waals surface area contributed by atoms with Crippen molar-refractivity contribution in [3.8, 4) is 0 Å². The number of alkyl halides is 1. The molecule has 2 aliphatic heterocycles. The summed E-state index contributed by atoms with van der Waals surface area (Å²) in [4.78, 5) is 10.5. The van der Waals surface area contributed by atoms with E-state index >= 15 is 0 Å². The Balaban J connectivity index is 1.50. The van der Waals surface area contributed by atoms with Crippen LogP contribution in [0, 0.1) is 28.4 Å². The number of nitrogens with zero attached hydrogens (tertiary/aromatic N) is 3. The number of halogens is 4. The van der Waals surface area contributed by atoms with Gasteiger partial charge in [-0.3, -0.25) is 15.8 Å². The standard InChI is InChI=1S/C25H24ClF3N6O/c26-17-11-33-19-3-4-21(35-12-15(28)10-20(35)16-9-14(27)1-2-18(16)29)34-23(19)22(17)25(31)36-24(30)13-5-7-32-8-6-13/h1-4,9,11,13,15,20,30-32H,5-8,10,12H2/t15-,20+/m0/s1. The summed E-state index contributed by atoms with van der Waals surface area (Å²) < 4.78 is 48.6. The van der Waals surface area contributed by atoms with Crippen LogP contribution in [0.25, 0.3) is 11.0 Å². The summed E-state index contributed by atoms with van der Waals surface area (Å²) in [6.45, 7) is 1.48. The summed E-state index contributed by atoms with van der Waals surface area (Å²) >= 11 is 6.40. The van der Waals surface area contributed by atoms with E-state index in [9.17, 15) is 13.2 Å². The highest BCUT2D eigenvalue weighted by Gasteiger charge is 2.36. The number of nitrogens with one attached hydrogen (secondary N) is 3. The third-order valence-electron chi connectivity index (χ3n) is 6.66. The van der Waals surface area contributed by atoms with Crippen LogP contribution < -0.4 is 10.2 Å². The van der Waals surface area contributed by atoms with Crippen molar-refractivity contribution >= 4 is 40.2 Å². The maximum atomic E-state index is 14.6. The van der Waals surface area contributed by atoms with Crippen molar-refractivity contribution in [2.24, 2.45) is 5.92 Å². The van der Waals surface area contributed by atoms with Gasteiger partial charge in [0, 0.05) is 24.1 Å². The van der Waals surface area contributed by atoms with Crippen LogP contribution in [-0.4, -0.2) is 47.6 Å². The van der Waals surface area contributed by atoms with Crippen molar-refractivity contribution in [3.63, 3.8) is 0 Å². The molecule has 3 aromatic rings. The van der Waals surface area contributed by atoms with Gasteiger partial charge in [0.25, 0.3) is 0 Å². The van der Waals surface area contributed by atoms with Crippen molar-refractivity contribution in [2.75, 3.05) is 24.5 Å². The number of aromatic nitrogens is 2. The summed E-state index contributed by atoms with van der Waals surface area (Å²) in [6, 6.07) is 5.63. The maximum Gasteiger partial charge on any atom is 0.224 e. The van der Waals surface area contributed by atoms with Gasteiger partial charge in [-0.1, -0.05) is 11.6 Å². The second-order valence-corrected chi connectivity index (χ2v) is 9.41. The summed E-state index contributed by atoms with van der Waals surface area (Å²) in [5, 5.41) is 20.2. The highest BCUT2D eigenvalue weighted by Crippen LogP contribution is 2.39. The van der Waals surface area contributed by atoms with Gasteiger partial charge in [0.05, 0.1) is 28.7 Å². The first-order valence-corrected chi connectivity index (χ1v) is 12.1. The Bertz CT molecular complexity index is 1330. The first-order valence-electron chi connectivity index (χ1n) is 11.7. The molecule has 188 valence electrons. The molecule has 0 amide bonds. The minimum absolute atomic E-state index is 0.0138. The van der Waals surface area contributed by atoms with Crippen LogP contribution in [0.15, 0.2) is 36.5 Å². The van der Waals surface area contributed by atoms with E-state index in [4.69, 9.17) is 27.2 Å². The Morgan fingerprint density at radius 1 is 1.14 bits per heavy atom. The number of rotatable bonds is 4. The van der Waals surface area contributed by atoms with Gasteiger partial charge in [0.2, 0.25) is 5.90 Å². The Hall–Kier alpha value is -3.24. The topological polar surface area (TPSA) is 98.0 Å². The van der Waals surface area contributed by atoms with E-state index in [1.54, 1.807) is 17.0 Å². The van der Waals surface area contributed by atoms with E-state index in [-0.39, 0.29) is 52.3 Å². The van der Waals surface area contributed by atoms with Gasteiger partial charge in [-0.2, -0.15) is 0 Å². The Kier molecular flexibility index (Phi) is 6.81. The molecule has 1 aromatic carbocycles. The highest BCUT2D eigenvalue weighted by atomic mass is 35.5. The molecule has 11 heteroatoms. The molecule has 36 heavy (non-hydrogen) atoms. The molecule has 2 fully saturated rings. The van der Waals surface area contributed by atoms with Gasteiger partial charge in [-0.25, -0.2) is 18.2 Å². The average Bonchev–Trinajstić information content (AvgIpc) is 3.26. The molecule has 2 aliphatic rings. The lowest BCUT2D eigenvalue weighted by atomic mass is 9.98. The van der Waals surface area contributed by atoms with Crippen molar-refractivity contribution < 1.29 is 17.9 Å². The van der Waals surface area contributed by atoms with Crippen molar-refractivity contribution in [2.45, 2.75) is 31.5 Å². The molecule has 0 bridgehead atoms. The van der Waals surface area contributed by atoms with Gasteiger partial charge < -0.3 is 15.0 Å². The van der Waals surface area contributed by atoms with Crippen molar-refractivity contribution in [1.82, 2.24) is 15.3 Å². The molecule has 0 spiro atoms. The van der Waals surface area contributed by atoms with Gasteiger partial charge in [0.1, 0.15) is 29.1 Å². The Morgan fingerprint density at radius 3 is 2.69 bits per heavy atom. The highest BCUT2D eigenvalue weighted by molar-refractivity contribution is 6.35. The predicted octanol–water partition coefficient (Wildman–Crippen LogP) is 5.17. The molecule has 2 saturated heterocycles. The van der Waals surface area contributed by atoms with E-state index < -0.39 is 23.8 Å². The summed E-state index contributed by atoms with van der Waals surface area (Å²) in [7, 11) is 0. The number of anilines is 1. The first kappa shape index (κ1) is 24.5. The smallest absolute Gasteiger partial charge is 0.224 e. The zero-order valence-corrected chi connectivity index (χ0v) is 20.0. The maximum absolute atomic E-state index is 14.6. The lowest BCUT2D eigenvalue weighted by Crippen LogP contribution is -2.33. The number of hydrogen-bond acceptors (Lipinski definition) is 7. The van der Waals surface area contributed by atoms with Gasteiger partial charge in [0.15, 0.2) is 5.90 Å². The largest absolute Gasteiger partial charge is 0.425 e. The fraction of sp³-hybridized carbons (Fsp3) is 0.360. The van der Waals surface area contributed by atoms with Crippen LogP contribution in [-0.2, 0) is 4.74 Å². The minimum atomic E-state index is -1.26. The zero-order chi connectivity index (χ0) is 25.4. The molecule has 5 rings (SSSR count). The molecule has 2 aromatic heterocycles. The lowest BCUT2D eigenvalue weighted by molar-refractivity contribution is 0.355. The number of benzene rings is 1. The number of piperidine rings is 1. The quantitative estimate of drug-likeness (QED) is 0.328. The molecular weight excluding hydrogens is 493 g/mol. The Labute approximate surface area is 210 Å². The second-order valence-electron chi connectivity index (χ2n) is 9.01. The van der Waals surface area contributed by atoms with E-state index in [2.05, 4.69) is 15.3 Å². The van der Waals surface area contributed by atoms with E-state index in [0.717, 1.165) is 44.1 Å². The lowest BCUT2D eigenvalue weighted by Gasteiger charge is -2.26. The van der Waals surface area contributed by atoms with Crippen molar-refractivity contribution in [3.05, 3.63) is 64.3 Å². The van der Waals surface area contributed by atoms with E-state index in [1.165, 1.54) is 6.20 Å². The molecule has 0 saturated carbocycles. The molecule has 0 aliphatic carbocycles. The fourth-order valence-corrected chi connectivity index (χ4v) is 5.06. The first-order chi connectivity index (χ1) is 17.3. The number of pyridine rings is 2. The van der Waals surface area contributed by atoms with Crippen molar-refractivity contribution in [1.29, 1.82) is 10.8 Å². The number of ether oxygens (including phenoxy) is 1. The second kappa shape index (κ2) is 10.0. The van der Waals surface area contributed by atoms with Gasteiger partial charge in [-0.05, 0) is 56.3 Å². The molecule has 0 unspecified atom stereocenters. The SMILES string of the molecule is N=C(OC(=N)C1CCNCC1)c1c(Cl)cnc2ccc(N3C[C@@H](F)C[C@@H]3c3cc(F)ccc3F)nc12.